The fourth-order valence-electron chi connectivity index (χ4n) is 5.52. The number of anilines is 1. The maximum absolute atomic E-state index is 14.8. The average Bonchev–Trinajstić information content (AvgIpc) is 3.17. The predicted octanol–water partition coefficient (Wildman–Crippen LogP) is 2.88. The van der Waals surface area contributed by atoms with E-state index in [2.05, 4.69) is 10.3 Å². The Hall–Kier alpha value is -2.44. The SMILES string of the molecule is O=C1O[C@@H](Cn2ccnn2)[C@@H]2Cc3cc(C4C5CCCC54)c(F)cc3N12. The highest BCUT2D eigenvalue weighted by Gasteiger charge is 2.55. The summed E-state index contributed by atoms with van der Waals surface area (Å²) in [5.41, 5.74) is 2.60. The van der Waals surface area contributed by atoms with Crippen molar-refractivity contribution in [1.29, 1.82) is 0 Å². The summed E-state index contributed by atoms with van der Waals surface area (Å²) >= 11 is 0. The van der Waals surface area contributed by atoms with Crippen molar-refractivity contribution >= 4 is 11.8 Å². The van der Waals surface area contributed by atoms with Crippen LogP contribution in [0.4, 0.5) is 14.9 Å². The van der Waals surface area contributed by atoms with Crippen LogP contribution in [0.15, 0.2) is 24.5 Å². The Bertz CT molecular complexity index is 889. The largest absolute Gasteiger partial charge is 0.442 e. The number of nitrogens with zero attached hydrogens (tertiary/aromatic N) is 4. The fourth-order valence-corrected chi connectivity index (χ4v) is 5.52. The first-order valence-electron chi connectivity index (χ1n) is 9.37. The highest BCUT2D eigenvalue weighted by molar-refractivity contribution is 5.93. The summed E-state index contributed by atoms with van der Waals surface area (Å²) in [4.78, 5) is 14.0. The summed E-state index contributed by atoms with van der Waals surface area (Å²) in [7, 11) is 0. The monoisotopic (exact) mass is 354 g/mol. The van der Waals surface area contributed by atoms with Crippen LogP contribution in [0.25, 0.3) is 0 Å². The molecule has 1 saturated heterocycles. The van der Waals surface area contributed by atoms with Crippen LogP contribution in [-0.4, -0.2) is 33.2 Å². The Morgan fingerprint density at radius 3 is 2.88 bits per heavy atom. The molecule has 1 amide bonds. The van der Waals surface area contributed by atoms with Crippen molar-refractivity contribution in [2.75, 3.05) is 4.90 Å². The van der Waals surface area contributed by atoms with Crippen LogP contribution in [0.1, 0.15) is 36.3 Å². The molecule has 3 heterocycles. The van der Waals surface area contributed by atoms with Gasteiger partial charge in [0.25, 0.3) is 0 Å². The summed E-state index contributed by atoms with van der Waals surface area (Å²) in [6, 6.07) is 3.47. The third kappa shape index (κ3) is 1.94. The lowest BCUT2D eigenvalue weighted by atomic mass is 9.98. The molecule has 2 saturated carbocycles. The van der Waals surface area contributed by atoms with Crippen LogP contribution >= 0.6 is 0 Å². The minimum atomic E-state index is -0.394. The van der Waals surface area contributed by atoms with Crippen LogP contribution in [0.5, 0.6) is 0 Å². The van der Waals surface area contributed by atoms with Gasteiger partial charge in [-0.3, -0.25) is 4.90 Å². The molecule has 4 aliphatic rings. The van der Waals surface area contributed by atoms with Gasteiger partial charge in [-0.05, 0) is 54.2 Å². The lowest BCUT2D eigenvalue weighted by molar-refractivity contribution is 0.117. The summed E-state index contributed by atoms with van der Waals surface area (Å²) in [5.74, 6) is 1.57. The van der Waals surface area contributed by atoms with E-state index in [-0.39, 0.29) is 18.0 Å². The van der Waals surface area contributed by atoms with Crippen molar-refractivity contribution in [3.63, 3.8) is 0 Å². The minimum Gasteiger partial charge on any atom is -0.442 e. The zero-order valence-corrected chi connectivity index (χ0v) is 14.2. The van der Waals surface area contributed by atoms with Gasteiger partial charge in [0.15, 0.2) is 0 Å². The van der Waals surface area contributed by atoms with Gasteiger partial charge in [-0.2, -0.15) is 0 Å². The van der Waals surface area contributed by atoms with Gasteiger partial charge in [0.1, 0.15) is 11.9 Å². The van der Waals surface area contributed by atoms with Gasteiger partial charge in [0.05, 0.1) is 24.5 Å². The number of hydrogen-bond acceptors (Lipinski definition) is 4. The Kier molecular flexibility index (Phi) is 2.86. The number of aromatic nitrogens is 3. The molecule has 6 rings (SSSR count). The minimum absolute atomic E-state index is 0.102. The quantitative estimate of drug-likeness (QED) is 0.850. The molecule has 2 unspecified atom stereocenters. The van der Waals surface area contributed by atoms with E-state index < -0.39 is 6.09 Å². The first-order chi connectivity index (χ1) is 12.7. The smallest absolute Gasteiger partial charge is 0.415 e. The van der Waals surface area contributed by atoms with E-state index >= 15 is 0 Å². The van der Waals surface area contributed by atoms with Crippen molar-refractivity contribution in [2.45, 2.75) is 50.3 Å². The molecule has 0 radical (unpaired) electrons. The first kappa shape index (κ1) is 14.7. The van der Waals surface area contributed by atoms with Crippen LogP contribution in [0, 0.1) is 17.7 Å². The molecule has 2 aliphatic heterocycles. The topological polar surface area (TPSA) is 60.3 Å². The maximum Gasteiger partial charge on any atom is 0.415 e. The van der Waals surface area contributed by atoms with Gasteiger partial charge >= 0.3 is 6.09 Å². The van der Waals surface area contributed by atoms with Crippen LogP contribution < -0.4 is 4.90 Å². The number of amides is 1. The lowest BCUT2D eigenvalue weighted by Crippen LogP contribution is -2.35. The second-order valence-corrected chi connectivity index (χ2v) is 7.98. The molecule has 134 valence electrons. The van der Waals surface area contributed by atoms with E-state index in [0.29, 0.717) is 36.4 Å². The number of rotatable bonds is 3. The molecule has 1 aromatic heterocycles. The maximum atomic E-state index is 14.8. The Labute approximate surface area is 149 Å². The lowest BCUT2D eigenvalue weighted by Gasteiger charge is -2.16. The molecule has 6 nitrogen and oxygen atoms in total. The molecular formula is C19H19FN4O2. The molecule has 4 atom stereocenters. The van der Waals surface area contributed by atoms with Crippen molar-refractivity contribution < 1.29 is 13.9 Å². The van der Waals surface area contributed by atoms with Crippen LogP contribution in [-0.2, 0) is 17.7 Å². The molecule has 2 aliphatic carbocycles. The number of halogens is 1. The highest BCUT2D eigenvalue weighted by Crippen LogP contribution is 2.63. The Balaban J connectivity index is 1.31. The molecule has 3 fully saturated rings. The number of hydrogen-bond donors (Lipinski definition) is 0. The third-order valence-corrected chi connectivity index (χ3v) is 6.70. The van der Waals surface area contributed by atoms with Gasteiger partial charge in [0.2, 0.25) is 0 Å². The average molecular weight is 354 g/mol. The molecule has 0 spiro atoms. The van der Waals surface area contributed by atoms with E-state index in [1.165, 1.54) is 19.3 Å². The van der Waals surface area contributed by atoms with Crippen molar-refractivity contribution in [3.05, 3.63) is 41.5 Å². The molecule has 7 heteroatoms. The number of carbonyl (C=O) groups is 1. The second-order valence-electron chi connectivity index (χ2n) is 7.98. The van der Waals surface area contributed by atoms with Crippen molar-refractivity contribution in [1.82, 2.24) is 15.0 Å². The molecule has 1 aromatic carbocycles. The molecule has 0 bridgehead atoms. The molecular weight excluding hydrogens is 335 g/mol. The number of carbonyl (C=O) groups excluding carboxylic acids is 1. The zero-order valence-electron chi connectivity index (χ0n) is 14.2. The van der Waals surface area contributed by atoms with Crippen molar-refractivity contribution in [2.24, 2.45) is 11.8 Å². The van der Waals surface area contributed by atoms with Gasteiger partial charge in [-0.25, -0.2) is 13.9 Å². The third-order valence-electron chi connectivity index (χ3n) is 6.70. The number of ether oxygens (including phenoxy) is 1. The molecule has 0 N–H and O–H groups in total. The zero-order chi connectivity index (χ0) is 17.4. The summed E-state index contributed by atoms with van der Waals surface area (Å²) in [6.07, 6.45) is 7.10. The fraction of sp³-hybridized carbons (Fsp3) is 0.526. The predicted molar refractivity (Wildman–Crippen MR) is 90.2 cm³/mol. The van der Waals surface area contributed by atoms with E-state index in [9.17, 15) is 9.18 Å². The Morgan fingerprint density at radius 1 is 1.27 bits per heavy atom. The summed E-state index contributed by atoms with van der Waals surface area (Å²) < 4.78 is 22.0. The molecule has 2 aromatic rings. The number of cyclic esters (lactones) is 1. The van der Waals surface area contributed by atoms with E-state index in [4.69, 9.17) is 4.74 Å². The second kappa shape index (κ2) is 5.05. The standard InChI is InChI=1S/C19H19FN4O2/c20-14-8-15-10(6-13(14)18-11-2-1-3-12(11)18)7-16-17(26-19(25)24(15)16)9-23-5-4-21-22-23/h4-6,8,11-12,16-18H,1-3,7,9H2/t11?,12?,16-,17-,18?/m0/s1. The molecule has 26 heavy (non-hydrogen) atoms. The van der Waals surface area contributed by atoms with Gasteiger partial charge < -0.3 is 4.74 Å². The van der Waals surface area contributed by atoms with Crippen LogP contribution in [0.3, 0.4) is 0 Å². The highest BCUT2D eigenvalue weighted by atomic mass is 19.1. The van der Waals surface area contributed by atoms with E-state index in [0.717, 1.165) is 11.1 Å². The van der Waals surface area contributed by atoms with E-state index in [1.807, 2.05) is 6.07 Å². The van der Waals surface area contributed by atoms with E-state index in [1.54, 1.807) is 28.0 Å². The number of benzene rings is 1. The summed E-state index contributed by atoms with van der Waals surface area (Å²) in [6.45, 7) is 0.461. The van der Waals surface area contributed by atoms with Gasteiger partial charge in [-0.15, -0.1) is 5.10 Å². The first-order valence-corrected chi connectivity index (χ1v) is 9.37. The normalized spacial score (nSPS) is 33.8. The van der Waals surface area contributed by atoms with Gasteiger partial charge in [-0.1, -0.05) is 17.7 Å². The number of fused-ring (bicyclic) bond motifs is 4. The Morgan fingerprint density at radius 2 is 2.12 bits per heavy atom. The van der Waals surface area contributed by atoms with Gasteiger partial charge in [0, 0.05) is 6.20 Å². The summed E-state index contributed by atoms with van der Waals surface area (Å²) in [5, 5.41) is 7.75. The van der Waals surface area contributed by atoms with Crippen LogP contribution in [0.2, 0.25) is 0 Å². The van der Waals surface area contributed by atoms with Crippen molar-refractivity contribution in [3.8, 4) is 0 Å².